The first-order valence-electron chi connectivity index (χ1n) is 4.86. The van der Waals surface area contributed by atoms with Gasteiger partial charge in [-0.2, -0.15) is 0 Å². The van der Waals surface area contributed by atoms with Gasteiger partial charge in [0.15, 0.2) is 0 Å². The van der Waals surface area contributed by atoms with E-state index < -0.39 is 0 Å². The second-order valence-corrected chi connectivity index (χ2v) is 3.33. The van der Waals surface area contributed by atoms with Crippen LogP contribution in [0.2, 0.25) is 0 Å². The Morgan fingerprint density at radius 2 is 2.20 bits per heavy atom. The molecule has 3 nitrogen and oxygen atoms in total. The number of carbonyl (C=O) groups excluding carboxylic acids is 1. The lowest BCUT2D eigenvalue weighted by Gasteiger charge is -1.97. The molecule has 3 heteroatoms. The fraction of sp³-hybridized carbons (Fsp3) is 0.250. The summed E-state index contributed by atoms with van der Waals surface area (Å²) in [4.78, 5) is 11.2. The van der Waals surface area contributed by atoms with Crippen LogP contribution in [0.1, 0.15) is 5.56 Å². The van der Waals surface area contributed by atoms with E-state index in [4.69, 9.17) is 9.47 Å². The van der Waals surface area contributed by atoms with Crippen LogP contribution in [0.15, 0.2) is 36.4 Å². The van der Waals surface area contributed by atoms with Gasteiger partial charge in [0, 0.05) is 6.08 Å². The lowest BCUT2D eigenvalue weighted by Crippen LogP contribution is -2.06. The number of hydrogen-bond donors (Lipinski definition) is 0. The van der Waals surface area contributed by atoms with E-state index in [-0.39, 0.29) is 12.1 Å². The molecule has 15 heavy (non-hydrogen) atoms. The molecule has 1 aromatic carbocycles. The van der Waals surface area contributed by atoms with Gasteiger partial charge in [-0.3, -0.25) is 0 Å². The Morgan fingerprint density at radius 3 is 2.87 bits per heavy atom. The van der Waals surface area contributed by atoms with E-state index in [1.54, 1.807) is 6.08 Å². The molecule has 1 heterocycles. The number of hydrogen-bond acceptors (Lipinski definition) is 3. The van der Waals surface area contributed by atoms with E-state index >= 15 is 0 Å². The summed E-state index contributed by atoms with van der Waals surface area (Å²) in [5.41, 5.74) is 0.983. The molecule has 1 fully saturated rings. The molecule has 1 aromatic rings. The average molecular weight is 204 g/mol. The van der Waals surface area contributed by atoms with Crippen LogP contribution in [0, 0.1) is 0 Å². The molecule has 78 valence electrons. The van der Waals surface area contributed by atoms with Crippen molar-refractivity contribution in [2.75, 3.05) is 13.2 Å². The Balaban J connectivity index is 1.79. The van der Waals surface area contributed by atoms with Gasteiger partial charge in [0.2, 0.25) is 0 Å². The summed E-state index contributed by atoms with van der Waals surface area (Å²) in [6.07, 6.45) is 3.28. The monoisotopic (exact) mass is 204 g/mol. The van der Waals surface area contributed by atoms with Crippen LogP contribution in [0.4, 0.5) is 0 Å². The van der Waals surface area contributed by atoms with Crippen LogP contribution in [-0.4, -0.2) is 25.3 Å². The van der Waals surface area contributed by atoms with Crippen molar-refractivity contribution in [2.45, 2.75) is 6.10 Å². The first-order valence-corrected chi connectivity index (χ1v) is 4.86. The lowest BCUT2D eigenvalue weighted by molar-refractivity contribution is -0.138. The Labute approximate surface area is 88.3 Å². The average Bonchev–Trinajstić information content (AvgIpc) is 3.09. The topological polar surface area (TPSA) is 38.8 Å². The predicted octanol–water partition coefficient (Wildman–Crippen LogP) is 1.64. The zero-order valence-corrected chi connectivity index (χ0v) is 8.26. The summed E-state index contributed by atoms with van der Waals surface area (Å²) in [5, 5.41) is 0. The van der Waals surface area contributed by atoms with Gasteiger partial charge in [0.25, 0.3) is 0 Å². The van der Waals surface area contributed by atoms with E-state index in [0.717, 1.165) is 5.56 Å². The molecule has 1 aliphatic heterocycles. The number of benzene rings is 1. The van der Waals surface area contributed by atoms with Gasteiger partial charge in [-0.1, -0.05) is 30.3 Å². The zero-order valence-electron chi connectivity index (χ0n) is 8.26. The molecular weight excluding hydrogens is 192 g/mol. The van der Waals surface area contributed by atoms with E-state index in [0.29, 0.717) is 13.2 Å². The quantitative estimate of drug-likeness (QED) is 0.425. The third-order valence-corrected chi connectivity index (χ3v) is 2.03. The number of epoxide rings is 1. The fourth-order valence-corrected chi connectivity index (χ4v) is 1.12. The summed E-state index contributed by atoms with van der Waals surface area (Å²) in [7, 11) is 0. The molecule has 0 N–H and O–H groups in total. The molecule has 0 radical (unpaired) electrons. The van der Waals surface area contributed by atoms with Gasteiger partial charge >= 0.3 is 5.97 Å². The van der Waals surface area contributed by atoms with Crippen molar-refractivity contribution in [1.29, 1.82) is 0 Å². The first-order chi connectivity index (χ1) is 7.34. The number of ether oxygens (including phenoxy) is 2. The molecule has 0 bridgehead atoms. The largest absolute Gasteiger partial charge is 0.460 e. The van der Waals surface area contributed by atoms with Crippen molar-refractivity contribution in [2.24, 2.45) is 0 Å². The normalized spacial score (nSPS) is 19.1. The molecule has 0 aromatic heterocycles. The highest BCUT2D eigenvalue weighted by Crippen LogP contribution is 2.08. The number of esters is 1. The maximum atomic E-state index is 11.2. The molecule has 0 amide bonds. The summed E-state index contributed by atoms with van der Waals surface area (Å²) in [5.74, 6) is -0.325. The lowest BCUT2D eigenvalue weighted by atomic mass is 10.2. The molecule has 0 aliphatic carbocycles. The fourth-order valence-electron chi connectivity index (χ4n) is 1.12. The second kappa shape index (κ2) is 4.75. The Bertz CT molecular complexity index is 352. The molecule has 0 spiro atoms. The van der Waals surface area contributed by atoms with Gasteiger partial charge in [0.05, 0.1) is 6.61 Å². The standard InChI is InChI=1S/C12H12O3/c13-12(15-9-11-8-14-11)7-6-10-4-2-1-3-5-10/h1-7,11H,8-9H2/b7-6+. The van der Waals surface area contributed by atoms with Crippen LogP contribution >= 0.6 is 0 Å². The van der Waals surface area contributed by atoms with Gasteiger partial charge in [-0.05, 0) is 11.6 Å². The SMILES string of the molecule is O=C(/C=C/c1ccccc1)OCC1CO1. The van der Waals surface area contributed by atoms with E-state index in [1.807, 2.05) is 30.3 Å². The maximum absolute atomic E-state index is 11.2. The molecule has 1 atom stereocenters. The molecule has 1 saturated heterocycles. The minimum absolute atomic E-state index is 0.124. The third kappa shape index (κ3) is 3.56. The third-order valence-electron chi connectivity index (χ3n) is 2.03. The molecule has 0 saturated carbocycles. The minimum atomic E-state index is -0.325. The minimum Gasteiger partial charge on any atom is -0.460 e. The Morgan fingerprint density at radius 1 is 1.47 bits per heavy atom. The van der Waals surface area contributed by atoms with Crippen molar-refractivity contribution in [3.05, 3.63) is 42.0 Å². The Hall–Kier alpha value is -1.61. The van der Waals surface area contributed by atoms with Crippen molar-refractivity contribution >= 4 is 12.0 Å². The molecule has 1 unspecified atom stereocenters. The van der Waals surface area contributed by atoms with Crippen molar-refractivity contribution in [1.82, 2.24) is 0 Å². The van der Waals surface area contributed by atoms with E-state index in [9.17, 15) is 4.79 Å². The molecule has 2 rings (SSSR count). The van der Waals surface area contributed by atoms with E-state index in [1.165, 1.54) is 6.08 Å². The van der Waals surface area contributed by atoms with Gasteiger partial charge in [0.1, 0.15) is 12.7 Å². The van der Waals surface area contributed by atoms with E-state index in [2.05, 4.69) is 0 Å². The first kappa shape index (κ1) is 9.93. The van der Waals surface area contributed by atoms with Crippen molar-refractivity contribution in [3.63, 3.8) is 0 Å². The van der Waals surface area contributed by atoms with Crippen LogP contribution < -0.4 is 0 Å². The predicted molar refractivity (Wildman–Crippen MR) is 56.2 cm³/mol. The summed E-state index contributed by atoms with van der Waals surface area (Å²) in [6, 6.07) is 9.62. The van der Waals surface area contributed by atoms with Crippen LogP contribution in [0.5, 0.6) is 0 Å². The Kier molecular flexibility index (Phi) is 3.15. The van der Waals surface area contributed by atoms with Crippen LogP contribution in [-0.2, 0) is 14.3 Å². The van der Waals surface area contributed by atoms with Gasteiger partial charge in [-0.15, -0.1) is 0 Å². The van der Waals surface area contributed by atoms with Gasteiger partial charge in [-0.25, -0.2) is 4.79 Å². The second-order valence-electron chi connectivity index (χ2n) is 3.33. The zero-order chi connectivity index (χ0) is 10.5. The summed E-state index contributed by atoms with van der Waals surface area (Å²) < 4.78 is 9.86. The van der Waals surface area contributed by atoms with Crippen molar-refractivity contribution < 1.29 is 14.3 Å². The van der Waals surface area contributed by atoms with Crippen LogP contribution in [0.3, 0.4) is 0 Å². The van der Waals surface area contributed by atoms with Crippen LogP contribution in [0.25, 0.3) is 6.08 Å². The maximum Gasteiger partial charge on any atom is 0.330 e. The smallest absolute Gasteiger partial charge is 0.330 e. The highest BCUT2D eigenvalue weighted by molar-refractivity contribution is 5.87. The highest BCUT2D eigenvalue weighted by Gasteiger charge is 2.23. The van der Waals surface area contributed by atoms with Crippen molar-refractivity contribution in [3.8, 4) is 0 Å². The number of carbonyl (C=O) groups is 1. The van der Waals surface area contributed by atoms with Gasteiger partial charge < -0.3 is 9.47 Å². The molecule has 1 aliphatic rings. The number of rotatable bonds is 4. The summed E-state index contributed by atoms with van der Waals surface area (Å²) >= 11 is 0. The summed E-state index contributed by atoms with van der Waals surface area (Å²) in [6.45, 7) is 1.06. The molecular formula is C12H12O3. The highest BCUT2D eigenvalue weighted by atomic mass is 16.6.